The molecule has 15 heteroatoms. The zero-order valence-electron chi connectivity index (χ0n) is 21.1. The molecule has 2 N–H and O–H groups in total. The summed E-state index contributed by atoms with van der Waals surface area (Å²) in [6, 6.07) is 7.98. The first-order valence-electron chi connectivity index (χ1n) is 11.8. The number of rotatable bonds is 10. The molecule has 0 amide bonds. The zero-order chi connectivity index (χ0) is 28.4. The molecule has 2 saturated heterocycles. The van der Waals surface area contributed by atoms with E-state index in [1.165, 1.54) is 19.1 Å². The number of benzene rings is 1. The Kier molecular flexibility index (Phi) is 7.99. The van der Waals surface area contributed by atoms with Gasteiger partial charge in [0.1, 0.15) is 17.9 Å². The molecule has 3 heterocycles. The van der Waals surface area contributed by atoms with E-state index in [0.29, 0.717) is 0 Å². The first-order valence-corrected chi connectivity index (χ1v) is 13.3. The van der Waals surface area contributed by atoms with E-state index < -0.39 is 73.9 Å². The fourth-order valence-electron chi connectivity index (χ4n) is 3.99. The van der Waals surface area contributed by atoms with Gasteiger partial charge in [-0.1, -0.05) is 18.2 Å². The second kappa shape index (κ2) is 11.1. The highest BCUT2D eigenvalue weighted by Crippen LogP contribution is 2.49. The molecule has 6 atom stereocenters. The van der Waals surface area contributed by atoms with Crippen LogP contribution >= 0.6 is 7.75 Å². The smallest absolute Gasteiger partial charge is 0.462 e. The highest BCUT2D eigenvalue weighted by molar-refractivity contribution is 7.52. The summed E-state index contributed by atoms with van der Waals surface area (Å²) in [6.45, 7) is 4.18. The number of para-hydroxylation sites is 1. The van der Waals surface area contributed by atoms with Crippen LogP contribution in [0.5, 0.6) is 5.75 Å². The number of nitrogens with zero attached hydrogens (tertiary/aromatic N) is 1. The maximum Gasteiger partial charge on any atom is 0.510 e. The van der Waals surface area contributed by atoms with Gasteiger partial charge in [-0.15, -0.1) is 6.42 Å². The van der Waals surface area contributed by atoms with Gasteiger partial charge in [-0.05, 0) is 38.8 Å². The fraction of sp³-hybridized carbons (Fsp3) is 0.417. The van der Waals surface area contributed by atoms with Gasteiger partial charge in [0.25, 0.3) is 11.2 Å². The number of fused-ring (bicyclic) bond motifs is 1. The molecular weight excluding hydrogens is 537 g/mol. The SMILES string of the molecule is C#CC12OC(=O)OC1C(COP(=O)(NC(C)C(=O)OC(C)C)Oc1ccccc1)OC2n1ccc(=O)[nH]c1=O. The number of nitrogens with one attached hydrogen (secondary N) is 2. The van der Waals surface area contributed by atoms with Crippen LogP contribution in [0.15, 0.2) is 52.2 Å². The first-order chi connectivity index (χ1) is 18.5. The summed E-state index contributed by atoms with van der Waals surface area (Å²) in [5.41, 5.74) is -3.47. The zero-order valence-corrected chi connectivity index (χ0v) is 22.0. The predicted octanol–water partition coefficient (Wildman–Crippen LogP) is 1.47. The molecule has 14 nitrogen and oxygen atoms in total. The van der Waals surface area contributed by atoms with Gasteiger partial charge < -0.3 is 23.5 Å². The average Bonchev–Trinajstić information content (AvgIpc) is 3.35. The van der Waals surface area contributed by atoms with E-state index in [-0.39, 0.29) is 5.75 Å². The number of ether oxygens (including phenoxy) is 4. The van der Waals surface area contributed by atoms with Crippen LogP contribution in [0.3, 0.4) is 0 Å². The van der Waals surface area contributed by atoms with Crippen LogP contribution in [-0.4, -0.2) is 58.2 Å². The average molecular weight is 563 g/mol. The topological polar surface area (TPSA) is 173 Å². The predicted molar refractivity (Wildman–Crippen MR) is 133 cm³/mol. The third kappa shape index (κ3) is 5.91. The molecule has 2 fully saturated rings. The number of aromatic amines is 1. The van der Waals surface area contributed by atoms with Gasteiger partial charge in [-0.2, -0.15) is 5.09 Å². The molecule has 2 aromatic rings. The van der Waals surface area contributed by atoms with E-state index in [1.54, 1.807) is 32.0 Å². The van der Waals surface area contributed by atoms with Crippen molar-refractivity contribution in [2.75, 3.05) is 6.61 Å². The van der Waals surface area contributed by atoms with E-state index in [4.69, 9.17) is 34.4 Å². The van der Waals surface area contributed by atoms with E-state index >= 15 is 0 Å². The lowest BCUT2D eigenvalue weighted by atomic mass is 9.95. The molecule has 208 valence electrons. The van der Waals surface area contributed by atoms with Crippen molar-refractivity contribution in [1.29, 1.82) is 0 Å². The van der Waals surface area contributed by atoms with Crippen molar-refractivity contribution in [3.63, 3.8) is 0 Å². The van der Waals surface area contributed by atoms with Crippen LogP contribution in [-0.2, 0) is 32.8 Å². The van der Waals surface area contributed by atoms with Crippen molar-refractivity contribution in [1.82, 2.24) is 14.6 Å². The molecule has 4 rings (SSSR count). The summed E-state index contributed by atoms with van der Waals surface area (Å²) >= 11 is 0. The Morgan fingerprint density at radius 1 is 1.23 bits per heavy atom. The number of hydrogen-bond donors (Lipinski definition) is 2. The molecule has 0 bridgehead atoms. The molecule has 1 aromatic heterocycles. The van der Waals surface area contributed by atoms with Crippen LogP contribution < -0.4 is 20.9 Å². The number of aromatic nitrogens is 2. The van der Waals surface area contributed by atoms with Crippen LogP contribution in [0.25, 0.3) is 0 Å². The molecule has 0 spiro atoms. The van der Waals surface area contributed by atoms with Crippen LogP contribution in [0, 0.1) is 12.3 Å². The van der Waals surface area contributed by atoms with Gasteiger partial charge >= 0.3 is 25.6 Å². The number of hydrogen-bond acceptors (Lipinski definition) is 11. The van der Waals surface area contributed by atoms with Crippen LogP contribution in [0.2, 0.25) is 0 Å². The van der Waals surface area contributed by atoms with Crippen molar-refractivity contribution in [3.05, 3.63) is 63.4 Å². The van der Waals surface area contributed by atoms with Crippen LogP contribution in [0.4, 0.5) is 4.79 Å². The fourth-order valence-corrected chi connectivity index (χ4v) is 5.49. The number of carbonyl (C=O) groups excluding carboxylic acids is 2. The minimum absolute atomic E-state index is 0.163. The van der Waals surface area contributed by atoms with Crippen molar-refractivity contribution in [2.24, 2.45) is 0 Å². The lowest BCUT2D eigenvalue weighted by Gasteiger charge is -2.25. The first kappa shape index (κ1) is 28.1. The largest absolute Gasteiger partial charge is 0.510 e. The Labute approximate surface area is 222 Å². The number of terminal acetylenes is 1. The quantitative estimate of drug-likeness (QED) is 0.242. The van der Waals surface area contributed by atoms with E-state index in [1.807, 2.05) is 0 Å². The maximum atomic E-state index is 13.8. The molecule has 6 unspecified atom stereocenters. The minimum atomic E-state index is -4.32. The van der Waals surface area contributed by atoms with Gasteiger partial charge in [0.2, 0.25) is 0 Å². The lowest BCUT2D eigenvalue weighted by Crippen LogP contribution is -2.46. The highest BCUT2D eigenvalue weighted by Gasteiger charge is 2.67. The van der Waals surface area contributed by atoms with Gasteiger partial charge in [0, 0.05) is 12.3 Å². The van der Waals surface area contributed by atoms with Gasteiger partial charge in [0.05, 0.1) is 12.7 Å². The molecule has 0 radical (unpaired) electrons. The van der Waals surface area contributed by atoms with E-state index in [9.17, 15) is 23.7 Å². The molecule has 1 aromatic carbocycles. The second-order valence-corrected chi connectivity index (χ2v) is 10.6. The Morgan fingerprint density at radius 2 is 1.95 bits per heavy atom. The van der Waals surface area contributed by atoms with E-state index in [0.717, 1.165) is 16.8 Å². The molecular formula is C24H26N3O11P. The highest BCUT2D eigenvalue weighted by atomic mass is 31.2. The minimum Gasteiger partial charge on any atom is -0.462 e. The summed E-state index contributed by atoms with van der Waals surface area (Å²) in [7, 11) is -4.32. The van der Waals surface area contributed by atoms with E-state index in [2.05, 4.69) is 16.0 Å². The normalized spacial score (nSPS) is 26.0. The summed E-state index contributed by atoms with van der Waals surface area (Å²) in [5, 5.41) is 2.53. The van der Waals surface area contributed by atoms with Crippen LogP contribution in [0.1, 0.15) is 27.0 Å². The van der Waals surface area contributed by atoms with Crippen molar-refractivity contribution in [3.8, 4) is 18.1 Å². The lowest BCUT2D eigenvalue weighted by molar-refractivity contribution is -0.149. The number of esters is 1. The van der Waals surface area contributed by atoms with Gasteiger partial charge in [0.15, 0.2) is 12.3 Å². The van der Waals surface area contributed by atoms with Gasteiger partial charge in [-0.3, -0.25) is 23.7 Å². The second-order valence-electron chi connectivity index (χ2n) is 8.91. The third-order valence-corrected chi connectivity index (χ3v) is 7.31. The summed E-state index contributed by atoms with van der Waals surface area (Å²) in [6.07, 6.45) is 1.32. The van der Waals surface area contributed by atoms with Crippen molar-refractivity contribution >= 4 is 19.9 Å². The molecule has 39 heavy (non-hydrogen) atoms. The summed E-state index contributed by atoms with van der Waals surface area (Å²) < 4.78 is 47.5. The molecule has 0 aliphatic carbocycles. The molecule has 2 aliphatic rings. The number of carbonyl (C=O) groups is 2. The van der Waals surface area contributed by atoms with Crippen molar-refractivity contribution in [2.45, 2.75) is 57.0 Å². The monoisotopic (exact) mass is 563 g/mol. The third-order valence-electron chi connectivity index (χ3n) is 5.67. The van der Waals surface area contributed by atoms with Gasteiger partial charge in [-0.25, -0.2) is 14.2 Å². The molecule has 2 aliphatic heterocycles. The Hall–Kier alpha value is -3.89. The number of H-pyrrole nitrogens is 1. The molecule has 0 saturated carbocycles. The summed E-state index contributed by atoms with van der Waals surface area (Å²) in [4.78, 5) is 50.6. The Balaban J connectivity index is 1.60. The maximum absolute atomic E-state index is 13.8. The Morgan fingerprint density at radius 3 is 2.59 bits per heavy atom. The summed E-state index contributed by atoms with van der Waals surface area (Å²) in [5.74, 6) is 1.77. The van der Waals surface area contributed by atoms with Crippen molar-refractivity contribution < 1.29 is 42.1 Å². The Bertz CT molecular complexity index is 1430. The standard InChI is InChI=1S/C24H26N3O11P/c1-5-24-19(36-23(31)37-24)17(35-21(24)27-12-11-18(28)25-22(27)30)13-33-39(32,38-16-9-7-6-8-10-16)26-15(4)20(29)34-14(2)3/h1,6-12,14-15,17,19,21H,13H2,2-4H3,(H,26,32)(H,25,28,30).